The van der Waals surface area contributed by atoms with E-state index in [0.717, 1.165) is 0 Å². The maximum Gasteiger partial charge on any atom is 0.339 e. The highest BCUT2D eigenvalue weighted by Gasteiger charge is 2.17. The van der Waals surface area contributed by atoms with Crippen molar-refractivity contribution in [1.82, 2.24) is 15.1 Å². The van der Waals surface area contributed by atoms with E-state index in [-0.39, 0.29) is 11.1 Å². The summed E-state index contributed by atoms with van der Waals surface area (Å²) in [7, 11) is 1.74. The highest BCUT2D eigenvalue weighted by molar-refractivity contribution is 5.88. The van der Waals surface area contributed by atoms with Crippen LogP contribution in [0.15, 0.2) is 6.20 Å². The minimum absolute atomic E-state index is 0.0416. The number of carboxylic acids is 1. The summed E-state index contributed by atoms with van der Waals surface area (Å²) in [5, 5.41) is 16.1. The summed E-state index contributed by atoms with van der Waals surface area (Å²) in [6.07, 6.45) is 1.38. The Morgan fingerprint density at radius 2 is 2.20 bits per heavy atom. The zero-order chi connectivity index (χ0) is 11.6. The minimum atomic E-state index is -0.936. The van der Waals surface area contributed by atoms with Crippen LogP contribution < -0.4 is 5.32 Å². The number of carbonyl (C=O) groups is 1. The largest absolute Gasteiger partial charge is 0.478 e. The third-order valence-electron chi connectivity index (χ3n) is 2.08. The average molecular weight is 211 g/mol. The van der Waals surface area contributed by atoms with Crippen LogP contribution in [0.4, 0.5) is 0 Å². The number of aryl methyl sites for hydroxylation is 1. The minimum Gasteiger partial charge on any atom is -0.478 e. The molecule has 0 atom stereocenters. The number of hydrogen-bond acceptors (Lipinski definition) is 3. The van der Waals surface area contributed by atoms with Gasteiger partial charge in [0.05, 0.1) is 11.9 Å². The Kier molecular flexibility index (Phi) is 3.14. The number of rotatable bonds is 3. The summed E-state index contributed by atoms with van der Waals surface area (Å²) in [4.78, 5) is 10.9. The fourth-order valence-electron chi connectivity index (χ4n) is 1.20. The van der Waals surface area contributed by atoms with Gasteiger partial charge in [0.1, 0.15) is 5.56 Å². The smallest absolute Gasteiger partial charge is 0.339 e. The van der Waals surface area contributed by atoms with Gasteiger partial charge < -0.3 is 10.4 Å². The van der Waals surface area contributed by atoms with E-state index in [1.165, 1.54) is 6.20 Å². The summed E-state index contributed by atoms with van der Waals surface area (Å²) in [5.74, 6) is -0.936. The number of nitrogens with zero attached hydrogens (tertiary/aromatic N) is 2. The van der Waals surface area contributed by atoms with E-state index >= 15 is 0 Å². The molecule has 0 bridgehead atoms. The van der Waals surface area contributed by atoms with Gasteiger partial charge in [-0.05, 0) is 20.8 Å². The second-order valence-corrected chi connectivity index (χ2v) is 4.54. The Morgan fingerprint density at radius 1 is 1.60 bits per heavy atom. The molecule has 0 aliphatic heterocycles. The predicted molar refractivity (Wildman–Crippen MR) is 56.8 cm³/mol. The molecule has 84 valence electrons. The number of hydrogen-bond donors (Lipinski definition) is 2. The van der Waals surface area contributed by atoms with E-state index < -0.39 is 5.97 Å². The van der Waals surface area contributed by atoms with Gasteiger partial charge in [-0.25, -0.2) is 4.79 Å². The molecule has 0 spiro atoms. The van der Waals surface area contributed by atoms with Gasteiger partial charge in [-0.15, -0.1) is 0 Å². The molecule has 1 heterocycles. The zero-order valence-electron chi connectivity index (χ0n) is 9.53. The molecule has 1 rings (SSSR count). The number of carboxylic acid groups (broad SMARTS) is 1. The highest BCUT2D eigenvalue weighted by Crippen LogP contribution is 2.09. The number of nitrogens with one attached hydrogen (secondary N) is 1. The first-order chi connectivity index (χ1) is 6.81. The first-order valence-electron chi connectivity index (χ1n) is 4.80. The molecular weight excluding hydrogens is 194 g/mol. The molecule has 1 aromatic rings. The first kappa shape index (κ1) is 11.7. The third-order valence-corrected chi connectivity index (χ3v) is 2.08. The Balaban J connectivity index is 2.84. The highest BCUT2D eigenvalue weighted by atomic mass is 16.4. The second-order valence-electron chi connectivity index (χ2n) is 4.54. The summed E-state index contributed by atoms with van der Waals surface area (Å²) < 4.78 is 1.59. The van der Waals surface area contributed by atoms with Gasteiger partial charge in [0.2, 0.25) is 0 Å². The van der Waals surface area contributed by atoms with Gasteiger partial charge in [0.25, 0.3) is 0 Å². The topological polar surface area (TPSA) is 67.2 Å². The average Bonchev–Trinajstić information content (AvgIpc) is 2.42. The summed E-state index contributed by atoms with van der Waals surface area (Å²) >= 11 is 0. The van der Waals surface area contributed by atoms with E-state index in [2.05, 4.69) is 10.4 Å². The van der Waals surface area contributed by atoms with Gasteiger partial charge in [0.15, 0.2) is 0 Å². The van der Waals surface area contributed by atoms with Crippen molar-refractivity contribution in [2.45, 2.75) is 32.9 Å². The van der Waals surface area contributed by atoms with Crippen molar-refractivity contribution in [2.75, 3.05) is 0 Å². The van der Waals surface area contributed by atoms with Crippen molar-refractivity contribution in [3.05, 3.63) is 17.5 Å². The molecule has 0 aliphatic rings. The monoisotopic (exact) mass is 211 g/mol. The van der Waals surface area contributed by atoms with Crippen molar-refractivity contribution in [3.8, 4) is 0 Å². The fourth-order valence-corrected chi connectivity index (χ4v) is 1.20. The third kappa shape index (κ3) is 3.06. The lowest BCUT2D eigenvalue weighted by Crippen LogP contribution is -2.36. The van der Waals surface area contributed by atoms with E-state index in [4.69, 9.17) is 5.11 Å². The molecule has 0 unspecified atom stereocenters. The Bertz CT molecular complexity index is 363. The molecule has 0 aromatic carbocycles. The van der Waals surface area contributed by atoms with Crippen LogP contribution in [0.1, 0.15) is 36.8 Å². The van der Waals surface area contributed by atoms with Gasteiger partial charge in [-0.1, -0.05) is 0 Å². The van der Waals surface area contributed by atoms with Crippen molar-refractivity contribution < 1.29 is 9.90 Å². The molecule has 0 radical (unpaired) electrons. The number of aromatic carboxylic acids is 1. The lowest BCUT2D eigenvalue weighted by Gasteiger charge is -2.20. The first-order valence-corrected chi connectivity index (χ1v) is 4.80. The molecule has 15 heavy (non-hydrogen) atoms. The molecule has 0 amide bonds. The van der Waals surface area contributed by atoms with Gasteiger partial charge in [-0.2, -0.15) is 5.10 Å². The quantitative estimate of drug-likeness (QED) is 0.783. The van der Waals surface area contributed by atoms with Crippen LogP contribution in [0.25, 0.3) is 0 Å². The van der Waals surface area contributed by atoms with E-state index in [0.29, 0.717) is 12.2 Å². The van der Waals surface area contributed by atoms with E-state index in [1.807, 2.05) is 20.8 Å². The molecule has 0 saturated carbocycles. The molecule has 5 heteroatoms. The molecular formula is C10H17N3O2. The predicted octanol–water partition coefficient (Wildman–Crippen LogP) is 1.01. The summed E-state index contributed by atoms with van der Waals surface area (Å²) in [6.45, 7) is 6.60. The fraction of sp³-hybridized carbons (Fsp3) is 0.600. The van der Waals surface area contributed by atoms with E-state index in [1.54, 1.807) is 11.7 Å². The SMILES string of the molecule is Cn1ncc(C(=O)O)c1CNC(C)(C)C. The van der Waals surface area contributed by atoms with Gasteiger partial charge in [0, 0.05) is 19.1 Å². The molecule has 1 aromatic heterocycles. The van der Waals surface area contributed by atoms with Gasteiger partial charge >= 0.3 is 5.97 Å². The Morgan fingerprint density at radius 3 is 2.67 bits per heavy atom. The van der Waals surface area contributed by atoms with Crippen molar-refractivity contribution in [2.24, 2.45) is 7.05 Å². The Labute approximate surface area is 89.1 Å². The van der Waals surface area contributed by atoms with Crippen molar-refractivity contribution >= 4 is 5.97 Å². The van der Waals surface area contributed by atoms with Crippen LogP contribution >= 0.6 is 0 Å². The van der Waals surface area contributed by atoms with Crippen molar-refractivity contribution in [1.29, 1.82) is 0 Å². The lowest BCUT2D eigenvalue weighted by molar-refractivity contribution is 0.0695. The normalized spacial score (nSPS) is 11.7. The molecule has 5 nitrogen and oxygen atoms in total. The maximum absolute atomic E-state index is 10.9. The van der Waals surface area contributed by atoms with Crippen LogP contribution in [0.3, 0.4) is 0 Å². The lowest BCUT2D eigenvalue weighted by atomic mass is 10.1. The molecule has 0 aliphatic carbocycles. The summed E-state index contributed by atoms with van der Waals surface area (Å²) in [5.41, 5.74) is 0.909. The van der Waals surface area contributed by atoms with E-state index in [9.17, 15) is 4.79 Å². The molecule has 0 fully saturated rings. The standard InChI is InChI=1S/C10H17N3O2/c1-10(2,3)11-6-8-7(9(14)15)5-12-13(8)4/h5,11H,6H2,1-4H3,(H,14,15). The van der Waals surface area contributed by atoms with Crippen molar-refractivity contribution in [3.63, 3.8) is 0 Å². The van der Waals surface area contributed by atoms with Crippen LogP contribution in [0.2, 0.25) is 0 Å². The summed E-state index contributed by atoms with van der Waals surface area (Å²) in [6, 6.07) is 0. The van der Waals surface area contributed by atoms with Crippen LogP contribution in [-0.2, 0) is 13.6 Å². The maximum atomic E-state index is 10.9. The van der Waals surface area contributed by atoms with Crippen LogP contribution in [0, 0.1) is 0 Å². The van der Waals surface area contributed by atoms with Crippen LogP contribution in [-0.4, -0.2) is 26.4 Å². The van der Waals surface area contributed by atoms with Crippen LogP contribution in [0.5, 0.6) is 0 Å². The Hall–Kier alpha value is -1.36. The molecule has 2 N–H and O–H groups in total. The zero-order valence-corrected chi connectivity index (χ0v) is 9.53. The van der Waals surface area contributed by atoms with Gasteiger partial charge in [-0.3, -0.25) is 4.68 Å². The number of aromatic nitrogens is 2. The second kappa shape index (κ2) is 4.02. The molecule has 0 saturated heterocycles.